The van der Waals surface area contributed by atoms with Crippen LogP contribution in [0.5, 0.6) is 0 Å². The number of hydrogen-bond donors (Lipinski definition) is 1. The first-order valence-corrected chi connectivity index (χ1v) is 6.61. The number of imidazole rings is 1. The molecule has 0 aliphatic rings. The average molecular weight is 243 g/mol. The lowest BCUT2D eigenvalue weighted by Crippen LogP contribution is -2.21. The van der Waals surface area contributed by atoms with Gasteiger partial charge in [-0.25, -0.2) is 4.98 Å². The predicted molar refractivity (Wildman–Crippen MR) is 74.9 cm³/mol. The molecule has 3 heteroatoms. The molecule has 0 saturated heterocycles. The first-order chi connectivity index (χ1) is 8.74. The zero-order chi connectivity index (χ0) is 13.0. The number of nitrogens with zero attached hydrogens (tertiary/aromatic N) is 2. The summed E-state index contributed by atoms with van der Waals surface area (Å²) in [4.78, 5) is 4.36. The van der Waals surface area contributed by atoms with Crippen LogP contribution in [-0.2, 0) is 12.8 Å². The van der Waals surface area contributed by atoms with Gasteiger partial charge in [0.05, 0.1) is 0 Å². The third-order valence-corrected chi connectivity index (χ3v) is 3.24. The van der Waals surface area contributed by atoms with Crippen molar-refractivity contribution in [2.45, 2.75) is 39.2 Å². The summed E-state index contributed by atoms with van der Waals surface area (Å²) in [5, 5.41) is 0. The molecule has 2 rings (SSSR count). The molecule has 18 heavy (non-hydrogen) atoms. The predicted octanol–water partition coefficient (Wildman–Crippen LogP) is 2.71. The molecule has 1 unspecified atom stereocenters. The van der Waals surface area contributed by atoms with Gasteiger partial charge in [0.1, 0.15) is 5.82 Å². The molecule has 1 heterocycles. The van der Waals surface area contributed by atoms with Crippen LogP contribution in [0.15, 0.2) is 36.7 Å². The fourth-order valence-corrected chi connectivity index (χ4v) is 2.11. The van der Waals surface area contributed by atoms with E-state index in [0.717, 1.165) is 25.1 Å². The van der Waals surface area contributed by atoms with Crippen molar-refractivity contribution in [1.29, 1.82) is 0 Å². The van der Waals surface area contributed by atoms with Gasteiger partial charge in [-0.2, -0.15) is 0 Å². The second-order valence-electron chi connectivity index (χ2n) is 4.61. The maximum atomic E-state index is 6.01. The molecule has 0 spiro atoms. The lowest BCUT2D eigenvalue weighted by Gasteiger charge is -2.11. The summed E-state index contributed by atoms with van der Waals surface area (Å²) in [6.07, 6.45) is 6.74. The first kappa shape index (κ1) is 12.8. The van der Waals surface area contributed by atoms with Crippen LogP contribution in [0.25, 0.3) is 5.69 Å². The Bertz CT molecular complexity index is 502. The van der Waals surface area contributed by atoms with E-state index in [0.29, 0.717) is 0 Å². The zero-order valence-corrected chi connectivity index (χ0v) is 11.1. The summed E-state index contributed by atoms with van der Waals surface area (Å²) in [5.41, 5.74) is 8.47. The van der Waals surface area contributed by atoms with Crippen molar-refractivity contribution in [2.24, 2.45) is 5.73 Å². The maximum Gasteiger partial charge on any atom is 0.112 e. The Morgan fingerprint density at radius 3 is 2.89 bits per heavy atom. The fraction of sp³-hybridized carbons (Fsp3) is 0.400. The Morgan fingerprint density at radius 2 is 2.17 bits per heavy atom. The smallest absolute Gasteiger partial charge is 0.112 e. The third-order valence-electron chi connectivity index (χ3n) is 3.24. The van der Waals surface area contributed by atoms with Gasteiger partial charge in [0.15, 0.2) is 0 Å². The quantitative estimate of drug-likeness (QED) is 0.877. The van der Waals surface area contributed by atoms with Gasteiger partial charge >= 0.3 is 0 Å². The molecule has 96 valence electrons. The number of aryl methyl sites for hydroxylation is 1. The third kappa shape index (κ3) is 2.79. The summed E-state index contributed by atoms with van der Waals surface area (Å²) in [6, 6.07) is 8.79. The van der Waals surface area contributed by atoms with Gasteiger partial charge in [-0.1, -0.05) is 26.0 Å². The van der Waals surface area contributed by atoms with E-state index in [4.69, 9.17) is 5.73 Å². The number of hydrogen-bond acceptors (Lipinski definition) is 2. The van der Waals surface area contributed by atoms with Gasteiger partial charge in [-0.15, -0.1) is 0 Å². The number of rotatable bonds is 5. The van der Waals surface area contributed by atoms with Crippen molar-refractivity contribution >= 4 is 0 Å². The minimum Gasteiger partial charge on any atom is -0.327 e. The molecule has 0 aliphatic heterocycles. The standard InChI is InChI=1S/C15H21N3/c1-3-13(16)10-12-6-5-7-14(11-12)18-9-8-17-15(18)4-2/h5-9,11,13H,3-4,10,16H2,1-2H3. The fourth-order valence-electron chi connectivity index (χ4n) is 2.11. The Hall–Kier alpha value is -1.61. The average Bonchev–Trinajstić information content (AvgIpc) is 2.87. The van der Waals surface area contributed by atoms with Gasteiger partial charge in [-0.3, -0.25) is 0 Å². The Balaban J connectivity index is 2.27. The van der Waals surface area contributed by atoms with Crippen LogP contribution in [0.3, 0.4) is 0 Å². The summed E-state index contributed by atoms with van der Waals surface area (Å²) in [5.74, 6) is 1.09. The van der Waals surface area contributed by atoms with Gasteiger partial charge in [0.25, 0.3) is 0 Å². The molecule has 2 aromatic rings. The van der Waals surface area contributed by atoms with E-state index < -0.39 is 0 Å². The van der Waals surface area contributed by atoms with Crippen molar-refractivity contribution in [1.82, 2.24) is 9.55 Å². The molecular formula is C15H21N3. The van der Waals surface area contributed by atoms with E-state index in [-0.39, 0.29) is 6.04 Å². The number of benzene rings is 1. The topological polar surface area (TPSA) is 43.8 Å². The van der Waals surface area contributed by atoms with Crippen LogP contribution < -0.4 is 5.73 Å². The molecule has 0 bridgehead atoms. The van der Waals surface area contributed by atoms with Gasteiger partial charge in [0.2, 0.25) is 0 Å². The van der Waals surface area contributed by atoms with Crippen LogP contribution in [0.2, 0.25) is 0 Å². The molecule has 1 atom stereocenters. The van der Waals surface area contributed by atoms with Crippen LogP contribution in [0.1, 0.15) is 31.7 Å². The Labute approximate surface area is 109 Å². The minimum atomic E-state index is 0.244. The van der Waals surface area contributed by atoms with Crippen molar-refractivity contribution < 1.29 is 0 Å². The van der Waals surface area contributed by atoms with E-state index in [9.17, 15) is 0 Å². The first-order valence-electron chi connectivity index (χ1n) is 6.61. The van der Waals surface area contributed by atoms with Gasteiger partial charge in [0, 0.05) is 30.5 Å². The highest BCUT2D eigenvalue weighted by Crippen LogP contribution is 2.14. The van der Waals surface area contributed by atoms with Crippen LogP contribution in [-0.4, -0.2) is 15.6 Å². The van der Waals surface area contributed by atoms with E-state index in [2.05, 4.69) is 47.7 Å². The summed E-state index contributed by atoms with van der Waals surface area (Å²) >= 11 is 0. The summed E-state index contributed by atoms with van der Waals surface area (Å²) in [7, 11) is 0. The summed E-state index contributed by atoms with van der Waals surface area (Å²) in [6.45, 7) is 4.25. The van der Waals surface area contributed by atoms with E-state index in [1.165, 1.54) is 11.3 Å². The molecule has 0 radical (unpaired) electrons. The molecule has 0 aliphatic carbocycles. The molecule has 1 aromatic carbocycles. The van der Waals surface area contributed by atoms with Crippen molar-refractivity contribution in [3.8, 4) is 5.69 Å². The van der Waals surface area contributed by atoms with Crippen LogP contribution in [0.4, 0.5) is 0 Å². The van der Waals surface area contributed by atoms with E-state index in [1.807, 2.05) is 12.4 Å². The largest absolute Gasteiger partial charge is 0.327 e. The number of aromatic nitrogens is 2. The maximum absolute atomic E-state index is 6.01. The van der Waals surface area contributed by atoms with Crippen molar-refractivity contribution in [3.63, 3.8) is 0 Å². The van der Waals surface area contributed by atoms with E-state index >= 15 is 0 Å². The SMILES string of the molecule is CCc1nccn1-c1cccc(CC(N)CC)c1. The molecule has 0 fully saturated rings. The second-order valence-corrected chi connectivity index (χ2v) is 4.61. The van der Waals surface area contributed by atoms with Crippen molar-refractivity contribution in [2.75, 3.05) is 0 Å². The summed E-state index contributed by atoms with van der Waals surface area (Å²) < 4.78 is 2.14. The molecule has 1 aromatic heterocycles. The van der Waals surface area contributed by atoms with Gasteiger partial charge in [-0.05, 0) is 30.5 Å². The van der Waals surface area contributed by atoms with Crippen LogP contribution >= 0.6 is 0 Å². The highest BCUT2D eigenvalue weighted by molar-refractivity contribution is 5.37. The molecule has 3 nitrogen and oxygen atoms in total. The van der Waals surface area contributed by atoms with Crippen LogP contribution in [0, 0.1) is 0 Å². The Kier molecular flexibility index (Phi) is 4.15. The number of nitrogens with two attached hydrogens (primary N) is 1. The lowest BCUT2D eigenvalue weighted by molar-refractivity contribution is 0.646. The highest BCUT2D eigenvalue weighted by atomic mass is 15.1. The monoisotopic (exact) mass is 243 g/mol. The lowest BCUT2D eigenvalue weighted by atomic mass is 10.0. The molecule has 0 amide bonds. The van der Waals surface area contributed by atoms with Gasteiger partial charge < -0.3 is 10.3 Å². The highest BCUT2D eigenvalue weighted by Gasteiger charge is 2.05. The van der Waals surface area contributed by atoms with E-state index in [1.54, 1.807) is 0 Å². The zero-order valence-electron chi connectivity index (χ0n) is 11.1. The molecular weight excluding hydrogens is 222 g/mol. The second kappa shape index (κ2) is 5.83. The molecule has 0 saturated carbocycles. The van der Waals surface area contributed by atoms with Crippen molar-refractivity contribution in [3.05, 3.63) is 48.0 Å². The Morgan fingerprint density at radius 1 is 1.33 bits per heavy atom. The minimum absolute atomic E-state index is 0.244. The normalized spacial score (nSPS) is 12.6. The molecule has 2 N–H and O–H groups in total.